The van der Waals surface area contributed by atoms with E-state index in [-0.39, 0.29) is 11.9 Å². The Morgan fingerprint density at radius 2 is 1.89 bits per heavy atom. The fourth-order valence-corrected chi connectivity index (χ4v) is 2.39. The third-order valence-corrected chi connectivity index (χ3v) is 3.46. The van der Waals surface area contributed by atoms with Crippen LogP contribution in [0.5, 0.6) is 0 Å². The molecule has 1 amide bonds. The molecule has 0 saturated heterocycles. The number of benzene rings is 1. The Balaban J connectivity index is 2.03. The molecule has 2 N–H and O–H groups in total. The highest BCUT2D eigenvalue weighted by Crippen LogP contribution is 2.26. The summed E-state index contributed by atoms with van der Waals surface area (Å²) in [6.45, 7) is 1.96. The van der Waals surface area contributed by atoms with Crippen molar-refractivity contribution < 1.29 is 14.7 Å². The number of rotatable bonds is 3. The van der Waals surface area contributed by atoms with E-state index >= 15 is 0 Å². The maximum atomic E-state index is 12.0. The standard InChI is InChI=1S/C14H17NO3/c1-9-5-7-10(8-6-9)13(16)15-12-4-2-3-11(12)14(17)18/h5-8,11-12H,2-4H2,1H3,(H,15,16)(H,17,18). The van der Waals surface area contributed by atoms with Crippen molar-refractivity contribution in [1.29, 1.82) is 0 Å². The molecule has 4 heteroatoms. The normalized spacial score (nSPS) is 22.7. The molecular weight excluding hydrogens is 230 g/mol. The van der Waals surface area contributed by atoms with E-state index in [0.29, 0.717) is 12.0 Å². The molecule has 1 fully saturated rings. The Morgan fingerprint density at radius 1 is 1.22 bits per heavy atom. The molecule has 0 bridgehead atoms. The molecule has 96 valence electrons. The SMILES string of the molecule is Cc1ccc(C(=O)NC2CCCC2C(=O)O)cc1. The number of carboxylic acids is 1. The van der Waals surface area contributed by atoms with Gasteiger partial charge in [-0.15, -0.1) is 0 Å². The molecular formula is C14H17NO3. The Hall–Kier alpha value is -1.84. The highest BCUT2D eigenvalue weighted by atomic mass is 16.4. The van der Waals surface area contributed by atoms with E-state index in [0.717, 1.165) is 18.4 Å². The average Bonchev–Trinajstić information content (AvgIpc) is 2.78. The molecule has 1 aromatic rings. The van der Waals surface area contributed by atoms with Crippen LogP contribution in [0.2, 0.25) is 0 Å². The van der Waals surface area contributed by atoms with Crippen molar-refractivity contribution in [3.05, 3.63) is 35.4 Å². The number of hydrogen-bond donors (Lipinski definition) is 2. The van der Waals surface area contributed by atoms with E-state index in [2.05, 4.69) is 5.32 Å². The van der Waals surface area contributed by atoms with Gasteiger partial charge in [0.05, 0.1) is 5.92 Å². The third kappa shape index (κ3) is 2.70. The van der Waals surface area contributed by atoms with Crippen LogP contribution in [0.1, 0.15) is 35.2 Å². The lowest BCUT2D eigenvalue weighted by Gasteiger charge is -2.17. The van der Waals surface area contributed by atoms with Gasteiger partial charge in [-0.3, -0.25) is 9.59 Å². The highest BCUT2D eigenvalue weighted by molar-refractivity contribution is 5.94. The van der Waals surface area contributed by atoms with Gasteiger partial charge in [0.15, 0.2) is 0 Å². The number of nitrogens with one attached hydrogen (secondary N) is 1. The van der Waals surface area contributed by atoms with Crippen LogP contribution in [0.3, 0.4) is 0 Å². The Morgan fingerprint density at radius 3 is 2.50 bits per heavy atom. The lowest BCUT2D eigenvalue weighted by molar-refractivity contribution is -0.142. The van der Waals surface area contributed by atoms with Crippen molar-refractivity contribution in [2.75, 3.05) is 0 Å². The zero-order valence-corrected chi connectivity index (χ0v) is 10.3. The van der Waals surface area contributed by atoms with E-state index in [1.54, 1.807) is 12.1 Å². The number of aliphatic carboxylic acids is 1. The number of amides is 1. The maximum Gasteiger partial charge on any atom is 0.308 e. The van der Waals surface area contributed by atoms with Crippen LogP contribution in [0, 0.1) is 12.8 Å². The van der Waals surface area contributed by atoms with E-state index in [4.69, 9.17) is 5.11 Å². The molecule has 0 aromatic heterocycles. The van der Waals surface area contributed by atoms with Gasteiger partial charge in [-0.2, -0.15) is 0 Å². The topological polar surface area (TPSA) is 66.4 Å². The molecule has 1 aromatic carbocycles. The van der Waals surface area contributed by atoms with Crippen LogP contribution in [0.25, 0.3) is 0 Å². The van der Waals surface area contributed by atoms with Crippen molar-refractivity contribution in [1.82, 2.24) is 5.32 Å². The molecule has 18 heavy (non-hydrogen) atoms. The summed E-state index contributed by atoms with van der Waals surface area (Å²) in [6, 6.07) is 7.03. The second-order valence-corrected chi connectivity index (χ2v) is 4.82. The van der Waals surface area contributed by atoms with Gasteiger partial charge in [0.25, 0.3) is 5.91 Å². The maximum absolute atomic E-state index is 12.0. The second kappa shape index (κ2) is 5.21. The minimum Gasteiger partial charge on any atom is -0.481 e. The van der Waals surface area contributed by atoms with Crippen LogP contribution in [-0.2, 0) is 4.79 Å². The molecule has 4 nitrogen and oxygen atoms in total. The predicted octanol–water partition coefficient (Wildman–Crippen LogP) is 1.98. The minimum atomic E-state index is -0.818. The molecule has 0 spiro atoms. The van der Waals surface area contributed by atoms with Gasteiger partial charge in [0.2, 0.25) is 0 Å². The average molecular weight is 247 g/mol. The summed E-state index contributed by atoms with van der Waals surface area (Å²) in [5.74, 6) is -1.45. The molecule has 1 saturated carbocycles. The zero-order valence-electron chi connectivity index (χ0n) is 10.3. The summed E-state index contributed by atoms with van der Waals surface area (Å²) < 4.78 is 0. The molecule has 1 aliphatic rings. The first-order valence-corrected chi connectivity index (χ1v) is 6.18. The molecule has 2 unspecified atom stereocenters. The van der Waals surface area contributed by atoms with Crippen LogP contribution in [-0.4, -0.2) is 23.0 Å². The van der Waals surface area contributed by atoms with Crippen LogP contribution in [0.4, 0.5) is 0 Å². The summed E-state index contributed by atoms with van der Waals surface area (Å²) in [5, 5.41) is 11.9. The Labute approximate surface area is 106 Å². The largest absolute Gasteiger partial charge is 0.481 e. The lowest BCUT2D eigenvalue weighted by atomic mass is 10.0. The van der Waals surface area contributed by atoms with Gasteiger partial charge in [-0.25, -0.2) is 0 Å². The third-order valence-electron chi connectivity index (χ3n) is 3.46. The van der Waals surface area contributed by atoms with Crippen molar-refractivity contribution in [3.8, 4) is 0 Å². The first-order chi connectivity index (χ1) is 8.58. The first-order valence-electron chi connectivity index (χ1n) is 6.18. The number of aryl methyl sites for hydroxylation is 1. The summed E-state index contributed by atoms with van der Waals surface area (Å²) in [7, 11) is 0. The van der Waals surface area contributed by atoms with Gasteiger partial charge >= 0.3 is 5.97 Å². The van der Waals surface area contributed by atoms with Crippen LogP contribution < -0.4 is 5.32 Å². The van der Waals surface area contributed by atoms with E-state index < -0.39 is 11.9 Å². The molecule has 0 aliphatic heterocycles. The van der Waals surface area contributed by atoms with Gasteiger partial charge in [-0.05, 0) is 31.9 Å². The van der Waals surface area contributed by atoms with Crippen molar-refractivity contribution in [2.24, 2.45) is 5.92 Å². The van der Waals surface area contributed by atoms with E-state index in [1.807, 2.05) is 19.1 Å². The summed E-state index contributed by atoms with van der Waals surface area (Å²) >= 11 is 0. The molecule has 1 aliphatic carbocycles. The molecule has 2 atom stereocenters. The van der Waals surface area contributed by atoms with Gasteiger partial charge < -0.3 is 10.4 Å². The quantitative estimate of drug-likeness (QED) is 0.858. The molecule has 2 rings (SSSR count). The number of hydrogen-bond acceptors (Lipinski definition) is 2. The molecule has 0 heterocycles. The van der Waals surface area contributed by atoms with Crippen molar-refractivity contribution in [3.63, 3.8) is 0 Å². The zero-order chi connectivity index (χ0) is 13.1. The fraction of sp³-hybridized carbons (Fsp3) is 0.429. The van der Waals surface area contributed by atoms with E-state index in [1.165, 1.54) is 0 Å². The molecule has 0 radical (unpaired) electrons. The summed E-state index contributed by atoms with van der Waals surface area (Å²) in [5.41, 5.74) is 1.67. The Kier molecular flexibility index (Phi) is 3.65. The van der Waals surface area contributed by atoms with Gasteiger partial charge in [0, 0.05) is 11.6 Å². The van der Waals surface area contributed by atoms with Crippen LogP contribution in [0.15, 0.2) is 24.3 Å². The van der Waals surface area contributed by atoms with Crippen LogP contribution >= 0.6 is 0 Å². The monoisotopic (exact) mass is 247 g/mol. The number of carbonyl (C=O) groups excluding carboxylic acids is 1. The highest BCUT2D eigenvalue weighted by Gasteiger charge is 2.33. The van der Waals surface area contributed by atoms with Gasteiger partial charge in [0.1, 0.15) is 0 Å². The fourth-order valence-electron chi connectivity index (χ4n) is 2.39. The number of carbonyl (C=O) groups is 2. The summed E-state index contributed by atoms with van der Waals surface area (Å²) in [4.78, 5) is 23.0. The lowest BCUT2D eigenvalue weighted by Crippen LogP contribution is -2.40. The number of carboxylic acid groups (broad SMARTS) is 1. The first kappa shape index (κ1) is 12.6. The second-order valence-electron chi connectivity index (χ2n) is 4.82. The van der Waals surface area contributed by atoms with Gasteiger partial charge in [-0.1, -0.05) is 24.1 Å². The predicted molar refractivity (Wildman–Crippen MR) is 67.4 cm³/mol. The van der Waals surface area contributed by atoms with Crippen molar-refractivity contribution in [2.45, 2.75) is 32.2 Å². The van der Waals surface area contributed by atoms with E-state index in [9.17, 15) is 9.59 Å². The minimum absolute atomic E-state index is 0.187. The van der Waals surface area contributed by atoms with Crippen molar-refractivity contribution >= 4 is 11.9 Å². The smallest absolute Gasteiger partial charge is 0.308 e. The Bertz CT molecular complexity index is 453. The summed E-state index contributed by atoms with van der Waals surface area (Å²) in [6.07, 6.45) is 2.25.